The van der Waals surface area contributed by atoms with Gasteiger partial charge in [0.05, 0.1) is 12.0 Å². The number of benzene rings is 1. The van der Waals surface area contributed by atoms with Crippen molar-refractivity contribution in [2.24, 2.45) is 0 Å². The van der Waals surface area contributed by atoms with E-state index in [1.807, 2.05) is 29.3 Å². The Hall–Kier alpha value is -3.15. The molecular weight excluding hydrogens is 348 g/mol. The molecule has 1 aliphatic carbocycles. The predicted octanol–water partition coefficient (Wildman–Crippen LogP) is 3.89. The Bertz CT molecular complexity index is 1100. The van der Waals surface area contributed by atoms with Crippen LogP contribution in [0.4, 0.5) is 5.82 Å². The van der Waals surface area contributed by atoms with Gasteiger partial charge in [0, 0.05) is 42.3 Å². The molecular formula is C22H24N6. The Kier molecular flexibility index (Phi) is 4.31. The standard InChI is InChI=1S/C22H24N6/c1-16-20(17-7-3-2-4-8-17)22-25-19-10-5-9-18(19)21(28(22)26-16)24-11-6-13-27-14-12-23-15-27/h2-4,7-8,12,14-15,24H,5-6,9-11,13H2,1H3. The van der Waals surface area contributed by atoms with Gasteiger partial charge in [-0.05, 0) is 38.2 Å². The highest BCUT2D eigenvalue weighted by atomic mass is 15.3. The van der Waals surface area contributed by atoms with E-state index >= 15 is 0 Å². The first-order chi connectivity index (χ1) is 13.8. The first kappa shape index (κ1) is 17.0. The topological polar surface area (TPSA) is 60.0 Å². The Morgan fingerprint density at radius 1 is 1.14 bits per heavy atom. The van der Waals surface area contributed by atoms with Crippen molar-refractivity contribution in [3.05, 3.63) is 66.0 Å². The van der Waals surface area contributed by atoms with Crippen LogP contribution < -0.4 is 5.32 Å². The summed E-state index contributed by atoms with van der Waals surface area (Å²) in [7, 11) is 0. The molecule has 3 heterocycles. The number of hydrogen-bond acceptors (Lipinski definition) is 4. The number of nitrogens with zero attached hydrogens (tertiary/aromatic N) is 5. The lowest BCUT2D eigenvalue weighted by Crippen LogP contribution is -2.12. The molecule has 4 aromatic rings. The number of rotatable bonds is 6. The molecule has 28 heavy (non-hydrogen) atoms. The van der Waals surface area contributed by atoms with E-state index in [-0.39, 0.29) is 0 Å². The van der Waals surface area contributed by atoms with Crippen LogP contribution in [-0.2, 0) is 19.4 Å². The molecule has 1 aromatic carbocycles. The zero-order valence-electron chi connectivity index (χ0n) is 16.1. The summed E-state index contributed by atoms with van der Waals surface area (Å²) in [5.41, 5.74) is 6.84. The van der Waals surface area contributed by atoms with Gasteiger partial charge in [-0.1, -0.05) is 30.3 Å². The number of nitrogens with one attached hydrogen (secondary N) is 1. The van der Waals surface area contributed by atoms with Crippen molar-refractivity contribution in [2.45, 2.75) is 39.2 Å². The molecule has 0 saturated heterocycles. The second-order valence-electron chi connectivity index (χ2n) is 7.38. The number of fused-ring (bicyclic) bond motifs is 2. The summed E-state index contributed by atoms with van der Waals surface area (Å²) >= 11 is 0. The first-order valence-electron chi connectivity index (χ1n) is 9.97. The predicted molar refractivity (Wildman–Crippen MR) is 111 cm³/mol. The van der Waals surface area contributed by atoms with Crippen LogP contribution in [0, 0.1) is 6.92 Å². The number of aromatic nitrogens is 5. The minimum absolute atomic E-state index is 0.892. The monoisotopic (exact) mass is 372 g/mol. The van der Waals surface area contributed by atoms with Gasteiger partial charge >= 0.3 is 0 Å². The summed E-state index contributed by atoms with van der Waals surface area (Å²) in [4.78, 5) is 9.14. The minimum Gasteiger partial charge on any atom is -0.370 e. The summed E-state index contributed by atoms with van der Waals surface area (Å²) < 4.78 is 4.14. The highest BCUT2D eigenvalue weighted by Crippen LogP contribution is 2.34. The third kappa shape index (κ3) is 2.95. The molecule has 0 aliphatic heterocycles. The molecule has 142 valence electrons. The quantitative estimate of drug-likeness (QED) is 0.522. The van der Waals surface area contributed by atoms with Gasteiger partial charge in [0.1, 0.15) is 5.82 Å². The number of aryl methyl sites for hydroxylation is 3. The Morgan fingerprint density at radius 2 is 2.04 bits per heavy atom. The van der Waals surface area contributed by atoms with Gasteiger partial charge in [0.25, 0.3) is 0 Å². The van der Waals surface area contributed by atoms with E-state index < -0.39 is 0 Å². The van der Waals surface area contributed by atoms with Crippen molar-refractivity contribution >= 4 is 11.5 Å². The van der Waals surface area contributed by atoms with E-state index in [4.69, 9.17) is 10.1 Å². The summed E-state index contributed by atoms with van der Waals surface area (Å²) in [6.07, 6.45) is 10.0. The van der Waals surface area contributed by atoms with Gasteiger partial charge in [0.15, 0.2) is 5.65 Å². The fourth-order valence-corrected chi connectivity index (χ4v) is 4.15. The van der Waals surface area contributed by atoms with Gasteiger partial charge < -0.3 is 9.88 Å². The van der Waals surface area contributed by atoms with Crippen molar-refractivity contribution < 1.29 is 0 Å². The van der Waals surface area contributed by atoms with Crippen LogP contribution in [-0.4, -0.2) is 30.7 Å². The van der Waals surface area contributed by atoms with Crippen molar-refractivity contribution in [1.82, 2.24) is 24.1 Å². The van der Waals surface area contributed by atoms with Gasteiger partial charge in [-0.25, -0.2) is 9.97 Å². The molecule has 0 fully saturated rings. The van der Waals surface area contributed by atoms with Crippen LogP contribution in [0.5, 0.6) is 0 Å². The normalized spacial score (nSPS) is 13.2. The second kappa shape index (κ2) is 7.11. The van der Waals surface area contributed by atoms with Gasteiger partial charge in [0.2, 0.25) is 0 Å². The fraction of sp³-hybridized carbons (Fsp3) is 0.318. The largest absolute Gasteiger partial charge is 0.370 e. The van der Waals surface area contributed by atoms with Crippen LogP contribution in [0.25, 0.3) is 16.8 Å². The Morgan fingerprint density at radius 3 is 2.86 bits per heavy atom. The van der Waals surface area contributed by atoms with Gasteiger partial charge in [-0.2, -0.15) is 9.61 Å². The molecule has 0 saturated carbocycles. The number of imidazole rings is 1. The summed E-state index contributed by atoms with van der Waals surface area (Å²) in [5, 5.41) is 8.54. The number of hydrogen-bond donors (Lipinski definition) is 1. The summed E-state index contributed by atoms with van der Waals surface area (Å²) in [6.45, 7) is 3.92. The molecule has 3 aromatic heterocycles. The average molecular weight is 372 g/mol. The van der Waals surface area contributed by atoms with E-state index in [1.165, 1.54) is 23.2 Å². The lowest BCUT2D eigenvalue weighted by atomic mass is 10.1. The average Bonchev–Trinajstić information content (AvgIpc) is 3.45. The molecule has 0 amide bonds. The zero-order chi connectivity index (χ0) is 18.9. The first-order valence-corrected chi connectivity index (χ1v) is 9.97. The van der Waals surface area contributed by atoms with Gasteiger partial charge in [-0.3, -0.25) is 0 Å². The van der Waals surface area contributed by atoms with Gasteiger partial charge in [-0.15, -0.1) is 0 Å². The van der Waals surface area contributed by atoms with Crippen LogP contribution in [0.15, 0.2) is 49.1 Å². The smallest absolute Gasteiger partial charge is 0.165 e. The van der Waals surface area contributed by atoms with Crippen molar-refractivity contribution in [1.29, 1.82) is 0 Å². The van der Waals surface area contributed by atoms with E-state index in [9.17, 15) is 0 Å². The third-order valence-electron chi connectivity index (χ3n) is 5.47. The van der Waals surface area contributed by atoms with E-state index in [0.717, 1.165) is 55.1 Å². The highest BCUT2D eigenvalue weighted by Gasteiger charge is 2.23. The van der Waals surface area contributed by atoms with Crippen LogP contribution in [0.1, 0.15) is 29.8 Å². The minimum atomic E-state index is 0.892. The van der Waals surface area contributed by atoms with Crippen molar-refractivity contribution in [2.75, 3.05) is 11.9 Å². The molecule has 6 nitrogen and oxygen atoms in total. The fourth-order valence-electron chi connectivity index (χ4n) is 4.15. The maximum absolute atomic E-state index is 5.03. The molecule has 0 bridgehead atoms. The molecule has 6 heteroatoms. The number of anilines is 1. The van der Waals surface area contributed by atoms with Crippen LogP contribution in [0.3, 0.4) is 0 Å². The lowest BCUT2D eigenvalue weighted by Gasteiger charge is -2.13. The zero-order valence-corrected chi connectivity index (χ0v) is 16.1. The van der Waals surface area contributed by atoms with Crippen molar-refractivity contribution in [3.8, 4) is 11.1 Å². The highest BCUT2D eigenvalue weighted by molar-refractivity contribution is 5.81. The Labute approximate surface area is 164 Å². The summed E-state index contributed by atoms with van der Waals surface area (Å²) in [5.74, 6) is 1.12. The maximum atomic E-state index is 5.03. The Balaban J connectivity index is 1.51. The molecule has 0 spiro atoms. The summed E-state index contributed by atoms with van der Waals surface area (Å²) in [6, 6.07) is 10.5. The molecule has 0 atom stereocenters. The van der Waals surface area contributed by atoms with Crippen LogP contribution in [0.2, 0.25) is 0 Å². The van der Waals surface area contributed by atoms with Crippen molar-refractivity contribution in [3.63, 3.8) is 0 Å². The SMILES string of the molecule is Cc1nn2c(NCCCn3ccnc3)c3c(nc2c1-c1ccccc1)CCC3. The second-order valence-corrected chi connectivity index (χ2v) is 7.38. The molecule has 5 rings (SSSR count). The lowest BCUT2D eigenvalue weighted by molar-refractivity contribution is 0.658. The van der Waals surface area contributed by atoms with E-state index in [0.29, 0.717) is 0 Å². The van der Waals surface area contributed by atoms with Crippen LogP contribution >= 0.6 is 0 Å². The molecule has 0 radical (unpaired) electrons. The molecule has 0 unspecified atom stereocenters. The molecule has 1 aliphatic rings. The maximum Gasteiger partial charge on any atom is 0.165 e. The third-order valence-corrected chi connectivity index (χ3v) is 5.47. The van der Waals surface area contributed by atoms with E-state index in [2.05, 4.69) is 46.1 Å². The molecule has 1 N–H and O–H groups in total. The van der Waals surface area contributed by atoms with E-state index in [1.54, 1.807) is 0 Å².